The van der Waals surface area contributed by atoms with E-state index in [4.69, 9.17) is 0 Å². The number of aromatic nitrogens is 1. The molecule has 0 amide bonds. The lowest BCUT2D eigenvalue weighted by molar-refractivity contribution is 0.426. The molecule has 0 radical (unpaired) electrons. The summed E-state index contributed by atoms with van der Waals surface area (Å²) in [5, 5.41) is 25.5. The molecule has 5 rings (SSSR count). The topological polar surface area (TPSA) is 53.4 Å². The van der Waals surface area contributed by atoms with Gasteiger partial charge in [-0.1, -0.05) is 54.6 Å². The Morgan fingerprint density at radius 2 is 1.34 bits per heavy atom. The molecule has 1 heterocycles. The fourth-order valence-corrected chi connectivity index (χ4v) is 3.76. The van der Waals surface area contributed by atoms with Crippen LogP contribution in [0.5, 0.6) is 0 Å². The van der Waals surface area contributed by atoms with Gasteiger partial charge in [-0.2, -0.15) is 0 Å². The highest BCUT2D eigenvalue weighted by Crippen LogP contribution is 2.29. The van der Waals surface area contributed by atoms with Crippen LogP contribution >= 0.6 is 31.9 Å². The molecule has 0 saturated carbocycles. The Balaban J connectivity index is 0.000000216. The first-order valence-corrected chi connectivity index (χ1v) is 10.6. The predicted molar refractivity (Wildman–Crippen MR) is 128 cm³/mol. The van der Waals surface area contributed by atoms with Crippen molar-refractivity contribution in [3.8, 4) is 0 Å². The maximum atomic E-state index is 9.29. The van der Waals surface area contributed by atoms with Gasteiger partial charge in [-0.3, -0.25) is 0 Å². The van der Waals surface area contributed by atoms with Gasteiger partial charge in [-0.15, -0.1) is 0 Å². The third-order valence-electron chi connectivity index (χ3n) is 4.72. The zero-order valence-corrected chi connectivity index (χ0v) is 18.4. The summed E-state index contributed by atoms with van der Waals surface area (Å²) in [5.41, 5.74) is 0.516. The SMILES string of the molecule is Brc1ccc(Br)nc1.OB(O)c1ccc2c(ccc3cc4ccccc4cc32)c1. The van der Waals surface area contributed by atoms with Crippen molar-refractivity contribution in [1.82, 2.24) is 4.98 Å². The van der Waals surface area contributed by atoms with E-state index in [-0.39, 0.29) is 0 Å². The van der Waals surface area contributed by atoms with E-state index in [9.17, 15) is 10.0 Å². The first-order valence-electron chi connectivity index (χ1n) is 8.99. The lowest BCUT2D eigenvalue weighted by atomic mass is 9.79. The van der Waals surface area contributed by atoms with Crippen molar-refractivity contribution in [2.45, 2.75) is 0 Å². The molecule has 5 aromatic rings. The van der Waals surface area contributed by atoms with Crippen LogP contribution in [0.15, 0.2) is 94.1 Å². The van der Waals surface area contributed by atoms with E-state index in [2.05, 4.69) is 67.2 Å². The molecule has 0 saturated heterocycles. The van der Waals surface area contributed by atoms with Gasteiger partial charge in [-0.25, -0.2) is 4.98 Å². The molecule has 4 aromatic carbocycles. The minimum atomic E-state index is -1.43. The van der Waals surface area contributed by atoms with Gasteiger partial charge in [0.2, 0.25) is 0 Å². The first-order chi connectivity index (χ1) is 14.0. The van der Waals surface area contributed by atoms with Gasteiger partial charge in [-0.05, 0) is 93.9 Å². The van der Waals surface area contributed by atoms with Crippen molar-refractivity contribution < 1.29 is 10.0 Å². The number of pyridine rings is 1. The van der Waals surface area contributed by atoms with Crippen molar-refractivity contribution in [2.75, 3.05) is 0 Å². The Labute approximate surface area is 185 Å². The highest BCUT2D eigenvalue weighted by atomic mass is 79.9. The van der Waals surface area contributed by atoms with E-state index in [1.165, 1.54) is 21.5 Å². The van der Waals surface area contributed by atoms with Crippen LogP contribution in [0, 0.1) is 0 Å². The highest BCUT2D eigenvalue weighted by molar-refractivity contribution is 9.11. The molecule has 1 aromatic heterocycles. The molecule has 142 valence electrons. The molecule has 0 spiro atoms. The molecule has 0 atom stereocenters. The van der Waals surface area contributed by atoms with Crippen LogP contribution in [0.4, 0.5) is 0 Å². The first kappa shape index (κ1) is 20.0. The third-order valence-corrected chi connectivity index (χ3v) is 5.65. The summed E-state index contributed by atoms with van der Waals surface area (Å²) in [6, 6.07) is 26.2. The van der Waals surface area contributed by atoms with Gasteiger partial charge >= 0.3 is 7.12 Å². The predicted octanol–water partition coefficient (Wildman–Crippen LogP) is 5.43. The number of halogens is 2. The normalized spacial score (nSPS) is 10.8. The van der Waals surface area contributed by atoms with Gasteiger partial charge < -0.3 is 10.0 Å². The summed E-state index contributed by atoms with van der Waals surface area (Å²) < 4.78 is 1.86. The largest absolute Gasteiger partial charge is 0.488 e. The van der Waals surface area contributed by atoms with E-state index in [1.807, 2.05) is 42.5 Å². The number of nitrogens with zero attached hydrogens (tertiary/aromatic N) is 1. The molecular weight excluding hydrogens is 493 g/mol. The van der Waals surface area contributed by atoms with Gasteiger partial charge in [0, 0.05) is 10.7 Å². The summed E-state index contributed by atoms with van der Waals surface area (Å²) in [6.45, 7) is 0. The second-order valence-electron chi connectivity index (χ2n) is 6.64. The summed E-state index contributed by atoms with van der Waals surface area (Å²) >= 11 is 6.48. The smallest absolute Gasteiger partial charge is 0.423 e. The third kappa shape index (κ3) is 4.51. The van der Waals surface area contributed by atoms with Crippen LogP contribution in [0.3, 0.4) is 0 Å². The minimum Gasteiger partial charge on any atom is -0.423 e. The molecule has 0 unspecified atom stereocenters. The Kier molecular flexibility index (Phi) is 5.97. The Morgan fingerprint density at radius 1 is 0.655 bits per heavy atom. The molecule has 0 aliphatic carbocycles. The molecule has 0 aliphatic heterocycles. The van der Waals surface area contributed by atoms with Crippen LogP contribution in [-0.4, -0.2) is 22.2 Å². The van der Waals surface area contributed by atoms with Crippen LogP contribution in [0.2, 0.25) is 0 Å². The second kappa shape index (κ2) is 8.63. The zero-order chi connectivity index (χ0) is 20.4. The Hall–Kier alpha value is -2.25. The highest BCUT2D eigenvalue weighted by Gasteiger charge is 2.11. The van der Waals surface area contributed by atoms with Crippen LogP contribution in [0.25, 0.3) is 32.3 Å². The molecule has 6 heteroatoms. The fraction of sp³-hybridized carbons (Fsp3) is 0. The lowest BCUT2D eigenvalue weighted by Crippen LogP contribution is -2.29. The van der Waals surface area contributed by atoms with Crippen molar-refractivity contribution in [3.63, 3.8) is 0 Å². The van der Waals surface area contributed by atoms with Crippen molar-refractivity contribution in [1.29, 1.82) is 0 Å². The lowest BCUT2D eigenvalue weighted by Gasteiger charge is -2.08. The fourth-order valence-electron chi connectivity index (χ4n) is 3.29. The van der Waals surface area contributed by atoms with E-state index in [1.54, 1.807) is 12.3 Å². The summed E-state index contributed by atoms with van der Waals surface area (Å²) in [7, 11) is -1.43. The zero-order valence-electron chi connectivity index (χ0n) is 15.3. The monoisotopic (exact) mass is 507 g/mol. The maximum Gasteiger partial charge on any atom is 0.488 e. The molecule has 0 bridgehead atoms. The summed E-state index contributed by atoms with van der Waals surface area (Å²) in [4.78, 5) is 3.95. The molecule has 0 fully saturated rings. The second-order valence-corrected chi connectivity index (χ2v) is 8.37. The molecule has 0 aliphatic rings. The molecule has 3 nitrogen and oxygen atoms in total. The number of rotatable bonds is 1. The van der Waals surface area contributed by atoms with E-state index in [0.717, 1.165) is 19.8 Å². The van der Waals surface area contributed by atoms with Gasteiger partial charge in [0.1, 0.15) is 4.60 Å². The van der Waals surface area contributed by atoms with Crippen molar-refractivity contribution in [3.05, 3.63) is 94.1 Å². The number of benzene rings is 4. The number of hydrogen-bond acceptors (Lipinski definition) is 3. The van der Waals surface area contributed by atoms with E-state index in [0.29, 0.717) is 5.46 Å². The van der Waals surface area contributed by atoms with Crippen molar-refractivity contribution >= 4 is 76.8 Å². The average molecular weight is 509 g/mol. The van der Waals surface area contributed by atoms with Gasteiger partial charge in [0.05, 0.1) is 0 Å². The van der Waals surface area contributed by atoms with Gasteiger partial charge in [0.25, 0.3) is 0 Å². The molecule has 2 N–H and O–H groups in total. The molecular formula is C23H16BBr2NO2. The summed E-state index contributed by atoms with van der Waals surface area (Å²) in [5.74, 6) is 0. The minimum absolute atomic E-state index is 0.516. The van der Waals surface area contributed by atoms with Crippen LogP contribution < -0.4 is 5.46 Å². The quantitative estimate of drug-likeness (QED) is 0.137. The Bertz CT molecular complexity index is 1290. The maximum absolute atomic E-state index is 9.29. The van der Waals surface area contributed by atoms with Crippen LogP contribution in [0.1, 0.15) is 0 Å². The van der Waals surface area contributed by atoms with Gasteiger partial charge in [0.15, 0.2) is 0 Å². The summed E-state index contributed by atoms with van der Waals surface area (Å²) in [6.07, 6.45) is 1.74. The standard InChI is InChI=1S/C18H13BO2.C5H3Br2N/c20-19(21)16-7-8-17-15(10-16)6-5-14-9-12-3-1-2-4-13(12)11-18(14)17;6-4-1-2-5(7)8-3-4/h1-11,20-21H;1-3H. The van der Waals surface area contributed by atoms with Crippen molar-refractivity contribution in [2.24, 2.45) is 0 Å². The van der Waals surface area contributed by atoms with E-state index >= 15 is 0 Å². The number of hydrogen-bond donors (Lipinski definition) is 2. The molecule has 29 heavy (non-hydrogen) atoms. The van der Waals surface area contributed by atoms with E-state index < -0.39 is 7.12 Å². The average Bonchev–Trinajstić information content (AvgIpc) is 2.74. The number of fused-ring (bicyclic) bond motifs is 4. The van der Waals surface area contributed by atoms with Crippen LogP contribution in [-0.2, 0) is 0 Å². The Morgan fingerprint density at radius 3 is 1.97 bits per heavy atom.